The van der Waals surface area contributed by atoms with E-state index in [9.17, 15) is 0 Å². The fraction of sp³-hybridized carbons (Fsp3) is 0.286. The molecule has 3 heterocycles. The Balaban J connectivity index is 1.89. The van der Waals surface area contributed by atoms with Crippen molar-refractivity contribution in [3.63, 3.8) is 0 Å². The van der Waals surface area contributed by atoms with Gasteiger partial charge in [-0.1, -0.05) is 12.1 Å². The summed E-state index contributed by atoms with van der Waals surface area (Å²) in [5, 5.41) is 5.48. The predicted octanol–water partition coefficient (Wildman–Crippen LogP) is 2.67. The standard InChI is InChI=1S/C14H15N3S/c1-3-11(10-15-5-1)12(13-4-2-8-18-13)9-14-16-6-7-17-14/h1-5,8,10,12H,6-7,9H2,(H,16,17). The van der Waals surface area contributed by atoms with Gasteiger partial charge in [-0.25, -0.2) is 0 Å². The fourth-order valence-corrected chi connectivity index (χ4v) is 3.09. The summed E-state index contributed by atoms with van der Waals surface area (Å²) in [5.41, 5.74) is 1.26. The zero-order chi connectivity index (χ0) is 12.2. The molecule has 1 N–H and O–H groups in total. The molecule has 92 valence electrons. The van der Waals surface area contributed by atoms with Crippen LogP contribution < -0.4 is 5.32 Å². The maximum absolute atomic E-state index is 4.50. The summed E-state index contributed by atoms with van der Waals surface area (Å²) in [6, 6.07) is 8.44. The molecule has 0 aromatic carbocycles. The Bertz CT molecular complexity index is 519. The molecule has 1 aliphatic rings. The Kier molecular flexibility index (Phi) is 3.37. The summed E-state index contributed by atoms with van der Waals surface area (Å²) in [6.07, 6.45) is 4.71. The molecule has 18 heavy (non-hydrogen) atoms. The van der Waals surface area contributed by atoms with Gasteiger partial charge in [-0.15, -0.1) is 11.3 Å². The van der Waals surface area contributed by atoms with Crippen LogP contribution >= 0.6 is 11.3 Å². The van der Waals surface area contributed by atoms with Gasteiger partial charge in [0.1, 0.15) is 0 Å². The van der Waals surface area contributed by atoms with E-state index in [4.69, 9.17) is 0 Å². The molecule has 3 nitrogen and oxygen atoms in total. The quantitative estimate of drug-likeness (QED) is 0.914. The molecule has 1 unspecified atom stereocenters. The summed E-state index contributed by atoms with van der Waals surface area (Å²) in [6.45, 7) is 1.87. The molecule has 0 aliphatic carbocycles. The van der Waals surface area contributed by atoms with Crippen LogP contribution in [0.25, 0.3) is 0 Å². The highest BCUT2D eigenvalue weighted by molar-refractivity contribution is 7.10. The van der Waals surface area contributed by atoms with Crippen LogP contribution in [0.2, 0.25) is 0 Å². The first-order valence-electron chi connectivity index (χ1n) is 6.14. The van der Waals surface area contributed by atoms with Gasteiger partial charge in [0, 0.05) is 36.2 Å². The number of nitrogens with one attached hydrogen (secondary N) is 1. The van der Waals surface area contributed by atoms with Crippen LogP contribution in [-0.2, 0) is 0 Å². The van der Waals surface area contributed by atoms with Gasteiger partial charge < -0.3 is 5.32 Å². The Morgan fingerprint density at radius 1 is 1.33 bits per heavy atom. The number of nitrogens with zero attached hydrogens (tertiary/aromatic N) is 2. The minimum Gasteiger partial charge on any atom is -0.372 e. The Morgan fingerprint density at radius 3 is 3.00 bits per heavy atom. The molecule has 2 aromatic heterocycles. The number of aromatic nitrogens is 1. The van der Waals surface area contributed by atoms with Crippen molar-refractivity contribution in [3.05, 3.63) is 52.5 Å². The summed E-state index contributed by atoms with van der Waals surface area (Å²) < 4.78 is 0. The number of pyridine rings is 1. The van der Waals surface area contributed by atoms with Gasteiger partial charge >= 0.3 is 0 Å². The lowest BCUT2D eigenvalue weighted by atomic mass is 9.95. The fourth-order valence-electron chi connectivity index (χ4n) is 2.23. The first-order chi connectivity index (χ1) is 8.93. The van der Waals surface area contributed by atoms with Gasteiger partial charge in [-0.05, 0) is 23.1 Å². The van der Waals surface area contributed by atoms with Crippen molar-refractivity contribution in [2.24, 2.45) is 4.99 Å². The van der Waals surface area contributed by atoms with Crippen molar-refractivity contribution in [1.29, 1.82) is 0 Å². The molecule has 0 saturated heterocycles. The zero-order valence-electron chi connectivity index (χ0n) is 10.0. The highest BCUT2D eigenvalue weighted by Crippen LogP contribution is 2.31. The van der Waals surface area contributed by atoms with E-state index in [1.54, 1.807) is 11.3 Å². The lowest BCUT2D eigenvalue weighted by molar-refractivity contribution is 0.844. The summed E-state index contributed by atoms with van der Waals surface area (Å²) in [4.78, 5) is 10.1. The number of hydrogen-bond acceptors (Lipinski definition) is 4. The second-order valence-corrected chi connectivity index (χ2v) is 5.29. The summed E-state index contributed by atoms with van der Waals surface area (Å²) >= 11 is 1.80. The molecule has 0 amide bonds. The third kappa shape index (κ3) is 2.43. The molecule has 1 atom stereocenters. The third-order valence-corrected chi connectivity index (χ3v) is 4.10. The Hall–Kier alpha value is -1.68. The first-order valence-corrected chi connectivity index (χ1v) is 7.02. The molecule has 0 fully saturated rings. The third-order valence-electron chi connectivity index (χ3n) is 3.11. The van der Waals surface area contributed by atoms with E-state index in [0.29, 0.717) is 5.92 Å². The molecule has 1 aliphatic heterocycles. The van der Waals surface area contributed by atoms with Crippen LogP contribution in [0.4, 0.5) is 0 Å². The van der Waals surface area contributed by atoms with E-state index in [1.807, 2.05) is 18.5 Å². The van der Waals surface area contributed by atoms with Gasteiger partial charge in [0.05, 0.1) is 12.4 Å². The molecular weight excluding hydrogens is 242 g/mol. The first kappa shape index (κ1) is 11.4. The van der Waals surface area contributed by atoms with Gasteiger partial charge in [0.25, 0.3) is 0 Å². The monoisotopic (exact) mass is 257 g/mol. The van der Waals surface area contributed by atoms with E-state index in [2.05, 4.69) is 38.9 Å². The molecule has 0 saturated carbocycles. The van der Waals surface area contributed by atoms with E-state index in [-0.39, 0.29) is 0 Å². The maximum atomic E-state index is 4.50. The minimum atomic E-state index is 0.364. The number of hydrogen-bond donors (Lipinski definition) is 1. The SMILES string of the molecule is c1cncc(C(CC2=NCCN2)c2cccs2)c1. The zero-order valence-corrected chi connectivity index (χ0v) is 10.9. The van der Waals surface area contributed by atoms with Crippen LogP contribution in [-0.4, -0.2) is 23.9 Å². The largest absolute Gasteiger partial charge is 0.372 e. The number of amidine groups is 1. The molecule has 2 aromatic rings. The van der Waals surface area contributed by atoms with Crippen molar-refractivity contribution in [3.8, 4) is 0 Å². The van der Waals surface area contributed by atoms with Crippen LogP contribution in [0, 0.1) is 0 Å². The van der Waals surface area contributed by atoms with E-state index in [1.165, 1.54) is 10.4 Å². The minimum absolute atomic E-state index is 0.364. The second kappa shape index (κ2) is 5.31. The summed E-state index contributed by atoms with van der Waals surface area (Å²) in [5.74, 6) is 1.49. The number of rotatable bonds is 4. The van der Waals surface area contributed by atoms with E-state index in [0.717, 1.165) is 25.3 Å². The van der Waals surface area contributed by atoms with E-state index < -0.39 is 0 Å². The smallest absolute Gasteiger partial charge is 0.0974 e. The topological polar surface area (TPSA) is 37.3 Å². The van der Waals surface area contributed by atoms with E-state index >= 15 is 0 Å². The highest BCUT2D eigenvalue weighted by atomic mass is 32.1. The lowest BCUT2D eigenvalue weighted by Crippen LogP contribution is -2.21. The molecule has 0 radical (unpaired) electrons. The normalized spacial score (nSPS) is 16.1. The van der Waals surface area contributed by atoms with Gasteiger partial charge in [0.2, 0.25) is 0 Å². The van der Waals surface area contributed by atoms with Crippen LogP contribution in [0.1, 0.15) is 22.8 Å². The number of thiophene rings is 1. The number of aliphatic imine (C=N–C) groups is 1. The summed E-state index contributed by atoms with van der Waals surface area (Å²) in [7, 11) is 0. The average molecular weight is 257 g/mol. The molecular formula is C14H15N3S. The van der Waals surface area contributed by atoms with Crippen molar-refractivity contribution in [2.45, 2.75) is 12.3 Å². The van der Waals surface area contributed by atoms with Gasteiger partial charge in [-0.2, -0.15) is 0 Å². The molecule has 4 heteroatoms. The van der Waals surface area contributed by atoms with Crippen molar-refractivity contribution >= 4 is 17.2 Å². The van der Waals surface area contributed by atoms with Crippen molar-refractivity contribution in [1.82, 2.24) is 10.3 Å². The van der Waals surface area contributed by atoms with Gasteiger partial charge in [0.15, 0.2) is 0 Å². The van der Waals surface area contributed by atoms with Crippen LogP contribution in [0.15, 0.2) is 47.0 Å². The highest BCUT2D eigenvalue weighted by Gasteiger charge is 2.19. The molecule has 3 rings (SSSR count). The Morgan fingerprint density at radius 2 is 2.33 bits per heavy atom. The Labute approximate surface area is 111 Å². The van der Waals surface area contributed by atoms with Gasteiger partial charge in [-0.3, -0.25) is 9.98 Å². The average Bonchev–Trinajstić information content (AvgIpc) is 3.10. The maximum Gasteiger partial charge on any atom is 0.0974 e. The molecule has 0 spiro atoms. The van der Waals surface area contributed by atoms with Crippen molar-refractivity contribution in [2.75, 3.05) is 13.1 Å². The second-order valence-electron chi connectivity index (χ2n) is 4.31. The van der Waals surface area contributed by atoms with Crippen LogP contribution in [0.3, 0.4) is 0 Å². The molecule has 0 bridgehead atoms. The van der Waals surface area contributed by atoms with Crippen molar-refractivity contribution < 1.29 is 0 Å². The lowest BCUT2D eigenvalue weighted by Gasteiger charge is -2.15. The van der Waals surface area contributed by atoms with Crippen LogP contribution in [0.5, 0.6) is 0 Å². The predicted molar refractivity (Wildman–Crippen MR) is 75.3 cm³/mol.